The van der Waals surface area contributed by atoms with Crippen LogP contribution in [-0.2, 0) is 76.5 Å². The van der Waals surface area contributed by atoms with Gasteiger partial charge in [-0.2, -0.15) is 0 Å². The summed E-state index contributed by atoms with van der Waals surface area (Å²) in [4.78, 5) is 174. The minimum atomic E-state index is -1.64. The number of aliphatic hydroxyl groups is 1. The average Bonchev–Trinajstić information content (AvgIpc) is 1.82. The van der Waals surface area contributed by atoms with E-state index in [0.29, 0.717) is 62.9 Å². The fourth-order valence-electron chi connectivity index (χ4n) is 9.87. The van der Waals surface area contributed by atoms with Gasteiger partial charge in [0.1, 0.15) is 48.1 Å². The number of likely N-dealkylation sites (tertiary alicyclic amines) is 1. The van der Waals surface area contributed by atoms with Gasteiger partial charge in [0, 0.05) is 31.4 Å². The van der Waals surface area contributed by atoms with E-state index in [1.165, 1.54) is 25.8 Å². The van der Waals surface area contributed by atoms with Crippen molar-refractivity contribution in [2.45, 2.75) is 188 Å². The number of rotatable bonds is 48. The van der Waals surface area contributed by atoms with Gasteiger partial charge in [0.2, 0.25) is 65.0 Å². The molecule has 0 bridgehead atoms. The smallest absolute Gasteiger partial charge is 0.245 e. The number of hydrogen-bond acceptors (Lipinski definition) is 19. The highest BCUT2D eigenvalue weighted by molar-refractivity contribution is 6.07. The molecule has 0 radical (unpaired) electrons. The summed E-state index contributed by atoms with van der Waals surface area (Å²) < 4.78 is 21.9. The Balaban J connectivity index is 1.86. The van der Waals surface area contributed by atoms with Gasteiger partial charge in [0.05, 0.1) is 91.3 Å². The Morgan fingerprint density at radius 3 is 1.65 bits per heavy atom. The molecule has 1 heterocycles. The summed E-state index contributed by atoms with van der Waals surface area (Å²) in [6.45, 7) is 18.2. The summed E-state index contributed by atoms with van der Waals surface area (Å²) in [5.41, 5.74) is 6.71. The molecule has 1 aromatic carbocycles. The van der Waals surface area contributed by atoms with Crippen LogP contribution in [0.15, 0.2) is 24.3 Å². The number of ketones is 2. The number of nitrogens with zero attached hydrogens (tertiary/aromatic N) is 2. The molecule has 1 aliphatic heterocycles. The van der Waals surface area contributed by atoms with Crippen molar-refractivity contribution in [1.29, 1.82) is 0 Å². The molecule has 1 saturated heterocycles. The second-order valence-corrected chi connectivity index (χ2v) is 24.1. The van der Waals surface area contributed by atoms with E-state index in [1.807, 2.05) is 6.92 Å². The molecule has 2 rings (SSSR count). The third kappa shape index (κ3) is 31.3. The lowest BCUT2D eigenvalue weighted by Crippen LogP contribution is -2.63. The first-order valence-electron chi connectivity index (χ1n) is 33.2. The van der Waals surface area contributed by atoms with Crippen LogP contribution in [0.5, 0.6) is 0 Å². The van der Waals surface area contributed by atoms with Crippen LogP contribution in [0, 0.1) is 17.8 Å². The Labute approximate surface area is 558 Å². The fraction of sp³-hybridized carbons (Fsp3) is 0.708. The predicted octanol–water partition coefficient (Wildman–Crippen LogP) is -0.0880. The first-order chi connectivity index (χ1) is 45.1. The van der Waals surface area contributed by atoms with Gasteiger partial charge < -0.3 is 87.4 Å². The summed E-state index contributed by atoms with van der Waals surface area (Å²) >= 11 is 0. The molecule has 30 nitrogen and oxygen atoms in total. The third-order valence-corrected chi connectivity index (χ3v) is 15.8. The van der Waals surface area contributed by atoms with Crippen LogP contribution in [-0.4, -0.2) is 232 Å². The van der Waals surface area contributed by atoms with Gasteiger partial charge >= 0.3 is 0 Å². The Kier molecular flexibility index (Phi) is 40.3. The van der Waals surface area contributed by atoms with Crippen molar-refractivity contribution >= 4 is 82.2 Å². The number of anilines is 1. The van der Waals surface area contributed by atoms with Crippen molar-refractivity contribution in [3.63, 3.8) is 0 Å². The van der Waals surface area contributed by atoms with Gasteiger partial charge in [-0.3, -0.25) is 62.3 Å². The molecule has 1 fully saturated rings. The number of carbonyl (C=O) groups excluding carboxylic acids is 13. The van der Waals surface area contributed by atoms with E-state index in [1.54, 1.807) is 72.7 Å². The number of carbonyl (C=O) groups is 13. The van der Waals surface area contributed by atoms with Gasteiger partial charge in [-0.05, 0) is 101 Å². The lowest BCUT2D eigenvalue weighted by Gasteiger charge is -2.32. The normalized spacial score (nSPS) is 15.6. The van der Waals surface area contributed by atoms with E-state index in [-0.39, 0.29) is 121 Å². The van der Waals surface area contributed by atoms with Crippen molar-refractivity contribution in [3.8, 4) is 0 Å². The molecule has 0 saturated carbocycles. The van der Waals surface area contributed by atoms with Crippen LogP contribution in [0.3, 0.4) is 0 Å². The Morgan fingerprint density at radius 1 is 0.611 bits per heavy atom. The number of nitrogens with one attached hydrogen (secondary N) is 9. The number of hydrogen-bond donors (Lipinski definition) is 11. The number of nitrogens with two attached hydrogens (primary N) is 1. The van der Waals surface area contributed by atoms with Crippen LogP contribution in [0.4, 0.5) is 5.69 Å². The molecule has 0 aliphatic carbocycles. The lowest BCUT2D eigenvalue weighted by molar-refractivity contribution is -0.142. The summed E-state index contributed by atoms with van der Waals surface area (Å²) in [6.07, 6.45) is 1.23. The van der Waals surface area contributed by atoms with Crippen LogP contribution in [0.2, 0.25) is 0 Å². The van der Waals surface area contributed by atoms with E-state index < -0.39 is 126 Å². The van der Waals surface area contributed by atoms with Gasteiger partial charge in [-0.1, -0.05) is 67.7 Å². The highest BCUT2D eigenvalue weighted by atomic mass is 16.6. The first-order valence-corrected chi connectivity index (χ1v) is 33.2. The maximum atomic E-state index is 14.1. The summed E-state index contributed by atoms with van der Waals surface area (Å²) in [6, 6.07) is -2.06. The standard InChI is InChI=1S/C65H108N12O18/c1-12-18-47(59(85)73-56(41(7)13-2)62(88)71-48(19-16-27-66)65(91)77-28-17-20-49(77)60(86)67-15-4)70-64(90)58(44(10)79)75-63(89)57(42(8)14-3)74-61(87)55(40(5)6)72-52(82)38-68-53(83)39-76(11)54(84)26-30-93-32-34-95-36-35-94-33-31-92-29-25-51(81)69-46-23-21-45(22-24-46)50(80)37-43(9)78/h21-24,40-42,44,47-49,55-58,79H,12-20,25-39,66H2,1-11H3,(H,67,86)(H,68,83)(H,69,81)(H,70,90)(H,71,88)(H,72,82)(H,73,85)(H,74,87)(H,75,89). The van der Waals surface area contributed by atoms with Crippen molar-refractivity contribution in [2.24, 2.45) is 23.5 Å². The third-order valence-electron chi connectivity index (χ3n) is 15.8. The van der Waals surface area contributed by atoms with Gasteiger partial charge in [0.15, 0.2) is 5.78 Å². The van der Waals surface area contributed by atoms with Crippen molar-refractivity contribution in [1.82, 2.24) is 52.3 Å². The number of Topliss-reactive ketones (excluding diaryl/α,β-unsaturated/α-hetero) is 2. The maximum Gasteiger partial charge on any atom is 0.245 e. The number of ether oxygens (including phenoxy) is 4. The second kappa shape index (κ2) is 45.8. The molecule has 0 aromatic heterocycles. The Bertz CT molecular complexity index is 2650. The summed E-state index contributed by atoms with van der Waals surface area (Å²) in [7, 11) is 1.41. The number of amides is 11. The van der Waals surface area contributed by atoms with Gasteiger partial charge in [0.25, 0.3) is 0 Å². The maximum absolute atomic E-state index is 14.1. The molecule has 11 amide bonds. The number of benzene rings is 1. The fourth-order valence-corrected chi connectivity index (χ4v) is 9.87. The summed E-state index contributed by atoms with van der Waals surface area (Å²) in [5.74, 6) is -8.83. The molecular formula is C65H108N12O18. The molecule has 95 heavy (non-hydrogen) atoms. The quantitative estimate of drug-likeness (QED) is 0.0231. The lowest BCUT2D eigenvalue weighted by atomic mass is 9.95. The zero-order valence-electron chi connectivity index (χ0n) is 57.5. The number of aliphatic hydroxyl groups excluding tert-OH is 1. The van der Waals surface area contributed by atoms with E-state index in [0.717, 1.165) is 4.90 Å². The Hall–Kier alpha value is -7.51. The predicted molar refractivity (Wildman–Crippen MR) is 351 cm³/mol. The monoisotopic (exact) mass is 1340 g/mol. The van der Waals surface area contributed by atoms with Crippen molar-refractivity contribution in [2.75, 3.05) is 97.9 Å². The zero-order valence-corrected chi connectivity index (χ0v) is 57.5. The van der Waals surface area contributed by atoms with Crippen molar-refractivity contribution in [3.05, 3.63) is 29.8 Å². The Morgan fingerprint density at radius 2 is 1.13 bits per heavy atom. The highest BCUT2D eigenvalue weighted by Gasteiger charge is 2.40. The first kappa shape index (κ1) is 83.6. The van der Waals surface area contributed by atoms with Crippen LogP contribution in [0.1, 0.15) is 150 Å². The van der Waals surface area contributed by atoms with E-state index in [4.69, 9.17) is 24.7 Å². The molecule has 30 heteroatoms. The highest BCUT2D eigenvalue weighted by Crippen LogP contribution is 2.21. The summed E-state index contributed by atoms with van der Waals surface area (Å²) in [5, 5.41) is 34.8. The molecule has 1 aliphatic rings. The van der Waals surface area contributed by atoms with E-state index >= 15 is 0 Å². The van der Waals surface area contributed by atoms with Gasteiger partial charge in [-0.25, -0.2) is 0 Å². The van der Waals surface area contributed by atoms with E-state index in [2.05, 4.69) is 47.9 Å². The van der Waals surface area contributed by atoms with Crippen LogP contribution >= 0.6 is 0 Å². The van der Waals surface area contributed by atoms with Crippen molar-refractivity contribution < 1.29 is 86.4 Å². The molecule has 12 N–H and O–H groups in total. The molecule has 10 unspecified atom stereocenters. The van der Waals surface area contributed by atoms with Crippen LogP contribution < -0.4 is 53.6 Å². The zero-order chi connectivity index (χ0) is 71.2. The van der Waals surface area contributed by atoms with E-state index in [9.17, 15) is 67.4 Å². The molecule has 536 valence electrons. The topological polar surface area (TPSA) is 420 Å². The second-order valence-electron chi connectivity index (χ2n) is 24.1. The number of likely N-dealkylation sites (N-methyl/N-ethyl adjacent to an activating group) is 2. The molecule has 10 atom stereocenters. The van der Waals surface area contributed by atoms with Gasteiger partial charge in [-0.15, -0.1) is 0 Å². The molecule has 1 aromatic rings. The molecule has 0 spiro atoms. The minimum absolute atomic E-state index is 0.0460. The minimum Gasteiger partial charge on any atom is -0.391 e. The SMILES string of the molecule is CCCC(NC(=O)C(NC(=O)C(NC(=O)C(NC(=O)CNC(=O)CN(C)C(=O)CCOCCOCCOCCOCCC(=O)Nc1ccc(C(=O)CC(C)=O)cc1)C(C)C)C(C)CC)C(C)O)C(=O)NC(C(=O)NC(CCCN)C(=O)N1CCCC1C(=O)NCC)C(C)CC. The molecular weight excluding hydrogens is 1240 g/mol. The largest absolute Gasteiger partial charge is 0.391 e. The van der Waals surface area contributed by atoms with Crippen LogP contribution in [0.25, 0.3) is 0 Å². The average molecular weight is 1350 g/mol.